The normalized spacial score (nSPS) is 16.5. The van der Waals surface area contributed by atoms with Gasteiger partial charge in [-0.1, -0.05) is 60.2 Å². The van der Waals surface area contributed by atoms with Crippen LogP contribution >= 0.6 is 12.2 Å². The molecule has 0 aromatic heterocycles. The Balaban J connectivity index is 1.76. The number of thiocarbonyl (C=S) groups is 1. The number of aryl methyl sites for hydroxylation is 1. The number of rotatable bonds is 3. The first-order valence-corrected chi connectivity index (χ1v) is 9.58. The highest BCUT2D eigenvalue weighted by Gasteiger charge is 2.30. The summed E-state index contributed by atoms with van der Waals surface area (Å²) in [5, 5.41) is 12.1. The van der Waals surface area contributed by atoms with Crippen LogP contribution in [0.3, 0.4) is 0 Å². The Bertz CT molecular complexity index is 1100. The van der Waals surface area contributed by atoms with Crippen LogP contribution in [0.25, 0.3) is 10.8 Å². The topological polar surface area (TPSA) is 53.2 Å². The summed E-state index contributed by atoms with van der Waals surface area (Å²) < 4.78 is 0. The zero-order valence-electron chi connectivity index (χ0n) is 15.7. The SMILES string of the molecule is CC1=C(C(=O)Nc2ccc(C)cc2)[C@@H](c2cccc3ccccc23)NC(=S)N1. The number of carbonyl (C=O) groups is 1. The Morgan fingerprint density at radius 3 is 2.46 bits per heavy atom. The van der Waals surface area contributed by atoms with Gasteiger partial charge in [-0.15, -0.1) is 0 Å². The van der Waals surface area contributed by atoms with Crippen molar-refractivity contribution in [3.63, 3.8) is 0 Å². The van der Waals surface area contributed by atoms with Crippen molar-refractivity contribution in [2.45, 2.75) is 19.9 Å². The third-order valence-corrected chi connectivity index (χ3v) is 5.18. The quantitative estimate of drug-likeness (QED) is 0.576. The van der Waals surface area contributed by atoms with Gasteiger partial charge in [-0.3, -0.25) is 4.79 Å². The lowest BCUT2D eigenvalue weighted by molar-refractivity contribution is -0.113. The van der Waals surface area contributed by atoms with Crippen molar-refractivity contribution in [2.24, 2.45) is 0 Å². The lowest BCUT2D eigenvalue weighted by Gasteiger charge is -2.31. The summed E-state index contributed by atoms with van der Waals surface area (Å²) >= 11 is 5.38. The van der Waals surface area contributed by atoms with E-state index in [4.69, 9.17) is 12.2 Å². The van der Waals surface area contributed by atoms with E-state index in [-0.39, 0.29) is 11.9 Å². The van der Waals surface area contributed by atoms with Gasteiger partial charge in [-0.25, -0.2) is 0 Å². The summed E-state index contributed by atoms with van der Waals surface area (Å²) in [6.45, 7) is 3.90. The molecule has 0 fully saturated rings. The van der Waals surface area contributed by atoms with Crippen molar-refractivity contribution in [3.8, 4) is 0 Å². The second-order valence-corrected chi connectivity index (χ2v) is 7.37. The number of hydrogen-bond acceptors (Lipinski definition) is 2. The van der Waals surface area contributed by atoms with E-state index in [1.165, 1.54) is 0 Å². The summed E-state index contributed by atoms with van der Waals surface area (Å²) in [5.74, 6) is -0.151. The third kappa shape index (κ3) is 3.49. The van der Waals surface area contributed by atoms with Gasteiger partial charge in [0.1, 0.15) is 0 Å². The van der Waals surface area contributed by atoms with Gasteiger partial charge in [0.15, 0.2) is 5.11 Å². The number of hydrogen-bond donors (Lipinski definition) is 3. The van der Waals surface area contributed by atoms with Crippen molar-refractivity contribution in [3.05, 3.63) is 89.1 Å². The van der Waals surface area contributed by atoms with Crippen molar-refractivity contribution in [1.82, 2.24) is 10.6 Å². The number of carbonyl (C=O) groups excluding carboxylic acids is 1. The zero-order valence-corrected chi connectivity index (χ0v) is 16.6. The molecule has 3 aromatic rings. The molecule has 1 heterocycles. The Labute approximate surface area is 169 Å². The average Bonchev–Trinajstić information content (AvgIpc) is 2.68. The molecule has 5 heteroatoms. The lowest BCUT2D eigenvalue weighted by Crippen LogP contribution is -2.45. The molecule has 0 radical (unpaired) electrons. The molecule has 140 valence electrons. The molecule has 1 amide bonds. The van der Waals surface area contributed by atoms with Gasteiger partial charge >= 0.3 is 0 Å². The number of benzene rings is 3. The van der Waals surface area contributed by atoms with Crippen LogP contribution in [0, 0.1) is 6.92 Å². The van der Waals surface area contributed by atoms with Crippen molar-refractivity contribution < 1.29 is 4.79 Å². The zero-order chi connectivity index (χ0) is 19.7. The molecule has 1 aliphatic heterocycles. The summed E-state index contributed by atoms with van der Waals surface area (Å²) in [6, 6.07) is 21.7. The van der Waals surface area contributed by atoms with Gasteiger partial charge in [0.05, 0.1) is 11.6 Å². The number of amides is 1. The molecule has 0 unspecified atom stereocenters. The van der Waals surface area contributed by atoms with Gasteiger partial charge in [-0.2, -0.15) is 0 Å². The van der Waals surface area contributed by atoms with Crippen LogP contribution in [0.2, 0.25) is 0 Å². The van der Waals surface area contributed by atoms with Crippen LogP contribution in [0.4, 0.5) is 5.69 Å². The Kier molecular flexibility index (Phi) is 4.84. The second-order valence-electron chi connectivity index (χ2n) is 6.96. The molecule has 3 aromatic carbocycles. The minimum atomic E-state index is -0.328. The maximum Gasteiger partial charge on any atom is 0.255 e. The molecule has 3 N–H and O–H groups in total. The first kappa shape index (κ1) is 18.2. The second kappa shape index (κ2) is 7.44. The van der Waals surface area contributed by atoms with E-state index < -0.39 is 0 Å². The van der Waals surface area contributed by atoms with E-state index >= 15 is 0 Å². The Hall–Kier alpha value is -3.18. The first-order chi connectivity index (χ1) is 13.5. The Morgan fingerprint density at radius 2 is 1.68 bits per heavy atom. The third-order valence-electron chi connectivity index (χ3n) is 4.96. The monoisotopic (exact) mass is 387 g/mol. The predicted octanol–water partition coefficient (Wildman–Crippen LogP) is 4.58. The Morgan fingerprint density at radius 1 is 0.964 bits per heavy atom. The van der Waals surface area contributed by atoms with E-state index in [2.05, 4.69) is 34.1 Å². The number of anilines is 1. The first-order valence-electron chi connectivity index (χ1n) is 9.17. The number of nitrogens with one attached hydrogen (secondary N) is 3. The van der Waals surface area contributed by atoms with Crippen LogP contribution in [0.1, 0.15) is 24.1 Å². The largest absolute Gasteiger partial charge is 0.351 e. The lowest BCUT2D eigenvalue weighted by atomic mass is 9.91. The van der Waals surface area contributed by atoms with E-state index in [9.17, 15) is 4.79 Å². The van der Waals surface area contributed by atoms with E-state index in [1.807, 2.05) is 62.4 Å². The average molecular weight is 388 g/mol. The van der Waals surface area contributed by atoms with Crippen molar-refractivity contribution >= 4 is 39.7 Å². The predicted molar refractivity (Wildman–Crippen MR) is 118 cm³/mol. The van der Waals surface area contributed by atoms with Crippen LogP contribution < -0.4 is 16.0 Å². The highest BCUT2D eigenvalue weighted by molar-refractivity contribution is 7.80. The molecule has 4 rings (SSSR count). The van der Waals surface area contributed by atoms with Crippen LogP contribution in [-0.2, 0) is 4.79 Å². The minimum absolute atomic E-state index is 0.151. The van der Waals surface area contributed by atoms with E-state index in [1.54, 1.807) is 0 Å². The highest BCUT2D eigenvalue weighted by atomic mass is 32.1. The van der Waals surface area contributed by atoms with Crippen molar-refractivity contribution in [2.75, 3.05) is 5.32 Å². The van der Waals surface area contributed by atoms with Crippen molar-refractivity contribution in [1.29, 1.82) is 0 Å². The fraction of sp³-hybridized carbons (Fsp3) is 0.130. The van der Waals surface area contributed by atoms with Gasteiger partial charge < -0.3 is 16.0 Å². The summed E-state index contributed by atoms with van der Waals surface area (Å²) in [4.78, 5) is 13.2. The smallest absolute Gasteiger partial charge is 0.255 e. The molecular formula is C23H21N3OS. The highest BCUT2D eigenvalue weighted by Crippen LogP contribution is 2.32. The van der Waals surface area contributed by atoms with Gasteiger partial charge in [0, 0.05) is 11.4 Å². The summed E-state index contributed by atoms with van der Waals surface area (Å²) in [5.41, 5.74) is 4.32. The van der Waals surface area contributed by atoms with Gasteiger partial charge in [0.2, 0.25) is 0 Å². The molecule has 1 aliphatic rings. The summed E-state index contributed by atoms with van der Waals surface area (Å²) in [6.07, 6.45) is 0. The van der Waals surface area contributed by atoms with Crippen LogP contribution in [-0.4, -0.2) is 11.0 Å². The molecular weight excluding hydrogens is 366 g/mol. The maximum absolute atomic E-state index is 13.2. The standard InChI is InChI=1S/C23H21N3OS/c1-14-10-12-17(13-11-14)25-22(27)20-15(2)24-23(28)26-21(20)19-9-5-7-16-6-3-4-8-18(16)19/h3-13,21H,1-2H3,(H,25,27)(H2,24,26,28)/t21-/m1/s1. The fourth-order valence-electron chi connectivity index (χ4n) is 3.57. The number of allylic oxidation sites excluding steroid dienone is 1. The summed E-state index contributed by atoms with van der Waals surface area (Å²) in [7, 11) is 0. The molecule has 0 saturated carbocycles. The number of fused-ring (bicyclic) bond motifs is 1. The van der Waals surface area contributed by atoms with Crippen LogP contribution in [0.15, 0.2) is 78.0 Å². The van der Waals surface area contributed by atoms with Gasteiger partial charge in [0.25, 0.3) is 5.91 Å². The van der Waals surface area contributed by atoms with E-state index in [0.29, 0.717) is 10.7 Å². The van der Waals surface area contributed by atoms with Gasteiger partial charge in [-0.05, 0) is 54.5 Å². The minimum Gasteiger partial charge on any atom is -0.351 e. The molecule has 0 aliphatic carbocycles. The maximum atomic E-state index is 13.2. The molecule has 1 atom stereocenters. The molecule has 0 saturated heterocycles. The molecule has 0 spiro atoms. The fourth-order valence-corrected chi connectivity index (χ4v) is 3.84. The molecule has 4 nitrogen and oxygen atoms in total. The molecule has 0 bridgehead atoms. The molecule has 28 heavy (non-hydrogen) atoms. The van der Waals surface area contributed by atoms with E-state index in [0.717, 1.165) is 33.3 Å². The van der Waals surface area contributed by atoms with Crippen LogP contribution in [0.5, 0.6) is 0 Å².